The quantitative estimate of drug-likeness (QED) is 0.0682. The van der Waals surface area contributed by atoms with Gasteiger partial charge in [0.1, 0.15) is 5.01 Å². The molecular formula is C39H41N5O5S2. The van der Waals surface area contributed by atoms with Gasteiger partial charge < -0.3 is 30.9 Å². The maximum absolute atomic E-state index is 12.6. The van der Waals surface area contributed by atoms with Crippen LogP contribution in [0.2, 0.25) is 0 Å². The van der Waals surface area contributed by atoms with Crippen molar-refractivity contribution in [2.45, 2.75) is 68.6 Å². The number of rotatable bonds is 14. The van der Waals surface area contributed by atoms with E-state index in [1.54, 1.807) is 47.4 Å². The fourth-order valence-electron chi connectivity index (χ4n) is 5.77. The number of nitrogens with two attached hydrogens (primary N) is 1. The van der Waals surface area contributed by atoms with Crippen molar-refractivity contribution in [1.82, 2.24) is 15.5 Å². The maximum Gasteiger partial charge on any atom is 0.224 e. The predicted molar refractivity (Wildman–Crippen MR) is 201 cm³/mol. The average Bonchev–Trinajstić information content (AvgIpc) is 3.59. The molecule has 3 atom stereocenters. The van der Waals surface area contributed by atoms with Crippen molar-refractivity contribution in [3.05, 3.63) is 124 Å². The van der Waals surface area contributed by atoms with E-state index in [2.05, 4.69) is 33.0 Å². The molecule has 4 aromatic carbocycles. The lowest BCUT2D eigenvalue weighted by molar-refractivity contribution is -0.245. The summed E-state index contributed by atoms with van der Waals surface area (Å²) in [5.41, 5.74) is 12.7. The standard InChI is InChI=1S/C39H41N5O5S2/c1-25-43-44-39(51-25)50-24-32-21-35(28-17-15-26(23-45)16-18-28)49-38(48-32)31-10-5-9-30(20-31)29-8-4-7-27(19-29)22-41-36(46)13-6-14-37(47)42-34-12-3-2-11-33(34)40/h2-5,7-12,15-20,32,35,38,45H,6,13-14,21-24,40H2,1H3,(H,41,46)(H,42,47). The molecule has 5 aromatic rings. The zero-order valence-electron chi connectivity index (χ0n) is 28.3. The molecule has 5 N–H and O–H groups in total. The molecule has 2 amide bonds. The van der Waals surface area contributed by atoms with Crippen LogP contribution < -0.4 is 16.4 Å². The first kappa shape index (κ1) is 36.2. The van der Waals surface area contributed by atoms with E-state index in [4.69, 9.17) is 15.2 Å². The molecule has 10 nitrogen and oxygen atoms in total. The lowest BCUT2D eigenvalue weighted by Crippen LogP contribution is -2.31. The number of amides is 2. The number of aromatic nitrogens is 2. The molecule has 2 heterocycles. The van der Waals surface area contributed by atoms with Crippen molar-refractivity contribution in [2.75, 3.05) is 16.8 Å². The molecule has 1 fully saturated rings. The van der Waals surface area contributed by atoms with Gasteiger partial charge in [0.2, 0.25) is 11.8 Å². The maximum atomic E-state index is 12.6. The number of nitrogens with zero attached hydrogens (tertiary/aromatic N) is 2. The predicted octanol–water partition coefficient (Wildman–Crippen LogP) is 7.35. The van der Waals surface area contributed by atoms with Crippen molar-refractivity contribution in [3.8, 4) is 11.1 Å². The summed E-state index contributed by atoms with van der Waals surface area (Å²) in [5, 5.41) is 24.6. The van der Waals surface area contributed by atoms with Crippen LogP contribution in [0.1, 0.15) is 65.3 Å². The third-order valence-corrected chi connectivity index (χ3v) is 10.6. The molecule has 0 spiro atoms. The fourth-order valence-corrected chi connectivity index (χ4v) is 7.63. The number of nitrogen functional groups attached to an aromatic ring is 1. The Bertz CT molecular complexity index is 1940. The summed E-state index contributed by atoms with van der Waals surface area (Å²) in [7, 11) is 0. The molecule has 51 heavy (non-hydrogen) atoms. The summed E-state index contributed by atoms with van der Waals surface area (Å²) >= 11 is 3.22. The Kier molecular flexibility index (Phi) is 12.5. The van der Waals surface area contributed by atoms with Gasteiger partial charge in [-0.15, -0.1) is 10.2 Å². The van der Waals surface area contributed by atoms with Crippen molar-refractivity contribution in [2.24, 2.45) is 0 Å². The zero-order chi connectivity index (χ0) is 35.6. The minimum absolute atomic E-state index is 0.00929. The highest BCUT2D eigenvalue weighted by Crippen LogP contribution is 2.40. The van der Waals surface area contributed by atoms with E-state index in [1.165, 1.54) is 0 Å². The number of benzene rings is 4. The Morgan fingerprint density at radius 3 is 2.41 bits per heavy atom. The second-order valence-corrected chi connectivity index (χ2v) is 14.8. The van der Waals surface area contributed by atoms with E-state index < -0.39 is 6.29 Å². The van der Waals surface area contributed by atoms with Crippen molar-refractivity contribution in [3.63, 3.8) is 0 Å². The largest absolute Gasteiger partial charge is 0.397 e. The summed E-state index contributed by atoms with van der Waals surface area (Å²) in [6.45, 7) is 2.31. The molecule has 3 unspecified atom stereocenters. The number of hydrogen-bond donors (Lipinski definition) is 4. The first-order valence-electron chi connectivity index (χ1n) is 16.9. The molecule has 1 aliphatic rings. The third-order valence-electron chi connectivity index (χ3n) is 8.47. The Labute approximate surface area is 305 Å². The molecule has 1 aromatic heterocycles. The molecule has 0 bridgehead atoms. The number of ether oxygens (including phenoxy) is 2. The SMILES string of the molecule is Cc1nnc(SCC2CC(c3ccc(CO)cc3)OC(c3cccc(-c4cccc(CNC(=O)CCCC(=O)Nc5ccccc5N)c4)c3)O2)s1. The highest BCUT2D eigenvalue weighted by Gasteiger charge is 2.32. The van der Waals surface area contributed by atoms with Crippen LogP contribution in [-0.2, 0) is 32.2 Å². The highest BCUT2D eigenvalue weighted by molar-refractivity contribution is 8.01. The number of para-hydroxylation sites is 2. The lowest BCUT2D eigenvalue weighted by atomic mass is 9.99. The Morgan fingerprint density at radius 1 is 0.882 bits per heavy atom. The summed E-state index contributed by atoms with van der Waals surface area (Å²) in [6.07, 6.45) is 0.716. The number of hydrogen-bond acceptors (Lipinski definition) is 10. The Hall–Kier alpha value is -4.59. The number of nitrogens with one attached hydrogen (secondary N) is 2. The molecule has 6 rings (SSSR count). The van der Waals surface area contributed by atoms with E-state index in [-0.39, 0.29) is 43.5 Å². The minimum atomic E-state index is -0.586. The van der Waals surface area contributed by atoms with Crippen LogP contribution in [0.4, 0.5) is 11.4 Å². The lowest BCUT2D eigenvalue weighted by Gasteiger charge is -2.36. The van der Waals surface area contributed by atoms with Gasteiger partial charge in [-0.2, -0.15) is 0 Å². The van der Waals surface area contributed by atoms with Gasteiger partial charge in [0.25, 0.3) is 0 Å². The van der Waals surface area contributed by atoms with E-state index in [9.17, 15) is 14.7 Å². The molecule has 0 radical (unpaired) electrons. The third kappa shape index (κ3) is 10.2. The number of aliphatic hydroxyl groups excluding tert-OH is 1. The van der Waals surface area contributed by atoms with Gasteiger partial charge in [0.15, 0.2) is 10.6 Å². The molecule has 1 aliphatic heterocycles. The topological polar surface area (TPSA) is 149 Å². The number of aryl methyl sites for hydroxylation is 1. The van der Waals surface area contributed by atoms with E-state index in [1.807, 2.05) is 67.6 Å². The van der Waals surface area contributed by atoms with Gasteiger partial charge in [-0.05, 0) is 65.4 Å². The van der Waals surface area contributed by atoms with Gasteiger partial charge in [-0.3, -0.25) is 9.59 Å². The summed E-state index contributed by atoms with van der Waals surface area (Å²) in [4.78, 5) is 24.9. The van der Waals surface area contributed by atoms with Crippen LogP contribution in [0.5, 0.6) is 0 Å². The van der Waals surface area contributed by atoms with Crippen LogP contribution in [0.15, 0.2) is 101 Å². The smallest absolute Gasteiger partial charge is 0.224 e. The number of anilines is 2. The minimum Gasteiger partial charge on any atom is -0.397 e. The van der Waals surface area contributed by atoms with Crippen LogP contribution in [0.25, 0.3) is 11.1 Å². The van der Waals surface area contributed by atoms with Gasteiger partial charge in [0, 0.05) is 37.1 Å². The van der Waals surface area contributed by atoms with Crippen LogP contribution in [-0.4, -0.2) is 39.0 Å². The van der Waals surface area contributed by atoms with Crippen molar-refractivity contribution in [1.29, 1.82) is 0 Å². The molecule has 1 saturated heterocycles. The van der Waals surface area contributed by atoms with Crippen molar-refractivity contribution >= 4 is 46.3 Å². The highest BCUT2D eigenvalue weighted by atomic mass is 32.2. The first-order chi connectivity index (χ1) is 24.8. The Morgan fingerprint density at radius 2 is 1.65 bits per heavy atom. The number of aliphatic hydroxyl groups is 1. The molecule has 264 valence electrons. The number of carbonyl (C=O) groups excluding carboxylic acids is 2. The van der Waals surface area contributed by atoms with Crippen LogP contribution in [0, 0.1) is 6.92 Å². The monoisotopic (exact) mass is 723 g/mol. The fraction of sp³-hybridized carbons (Fsp3) is 0.282. The number of thioether (sulfide) groups is 1. The van der Waals surface area contributed by atoms with E-state index in [0.717, 1.165) is 42.7 Å². The first-order valence-corrected chi connectivity index (χ1v) is 18.7. The zero-order valence-corrected chi connectivity index (χ0v) is 29.9. The summed E-state index contributed by atoms with van der Waals surface area (Å²) in [5.74, 6) is 0.420. The molecule has 0 aliphatic carbocycles. The number of carbonyl (C=O) groups is 2. The van der Waals surface area contributed by atoms with Crippen molar-refractivity contribution < 1.29 is 24.2 Å². The van der Waals surface area contributed by atoms with E-state index >= 15 is 0 Å². The van der Waals surface area contributed by atoms with Gasteiger partial charge >= 0.3 is 0 Å². The van der Waals surface area contributed by atoms with Crippen LogP contribution in [0.3, 0.4) is 0 Å². The average molecular weight is 724 g/mol. The van der Waals surface area contributed by atoms with E-state index in [0.29, 0.717) is 36.5 Å². The summed E-state index contributed by atoms with van der Waals surface area (Å²) in [6, 6.07) is 31.2. The molecular weight excluding hydrogens is 683 g/mol. The second kappa shape index (κ2) is 17.6. The van der Waals surface area contributed by atoms with Gasteiger partial charge in [0.05, 0.1) is 30.2 Å². The Balaban J connectivity index is 1.07. The second-order valence-electron chi connectivity index (χ2n) is 12.3. The molecule has 12 heteroatoms. The van der Waals surface area contributed by atoms with Gasteiger partial charge in [-0.25, -0.2) is 0 Å². The normalized spacial score (nSPS) is 17.2. The summed E-state index contributed by atoms with van der Waals surface area (Å²) < 4.78 is 14.1. The van der Waals surface area contributed by atoms with Crippen LogP contribution >= 0.6 is 23.1 Å². The molecule has 0 saturated carbocycles. The van der Waals surface area contributed by atoms with Gasteiger partial charge in [-0.1, -0.05) is 95.9 Å².